The van der Waals surface area contributed by atoms with Gasteiger partial charge in [-0.25, -0.2) is 4.68 Å². The van der Waals surface area contributed by atoms with Crippen molar-refractivity contribution < 1.29 is 4.74 Å². The Labute approximate surface area is 140 Å². The van der Waals surface area contributed by atoms with Crippen LogP contribution in [0.5, 0.6) is 5.75 Å². The topological polar surface area (TPSA) is 39.1 Å². The zero-order valence-corrected chi connectivity index (χ0v) is 13.7. The van der Waals surface area contributed by atoms with E-state index < -0.39 is 0 Å². The highest BCUT2D eigenvalue weighted by atomic mass is 35.5. The molecule has 0 radical (unpaired) electrons. The van der Waals surface area contributed by atoms with Crippen LogP contribution in [0.3, 0.4) is 0 Å². The molecule has 0 amide bonds. The Balaban J connectivity index is 0.00000176. The van der Waals surface area contributed by atoms with Crippen LogP contribution in [0.25, 0.3) is 16.6 Å². The van der Waals surface area contributed by atoms with E-state index in [1.165, 1.54) is 0 Å². The van der Waals surface area contributed by atoms with Crippen molar-refractivity contribution in [2.45, 2.75) is 0 Å². The minimum absolute atomic E-state index is 0. The summed E-state index contributed by atoms with van der Waals surface area (Å²) in [6, 6.07) is 15.6. The van der Waals surface area contributed by atoms with Gasteiger partial charge in [-0.1, -0.05) is 23.7 Å². The largest absolute Gasteiger partial charge is 0.492 e. The average molecular weight is 338 g/mol. The highest BCUT2D eigenvalue weighted by Crippen LogP contribution is 2.26. The molecule has 2 aromatic carbocycles. The van der Waals surface area contributed by atoms with Gasteiger partial charge in [0.1, 0.15) is 17.5 Å². The van der Waals surface area contributed by atoms with Gasteiger partial charge in [-0.05, 0) is 43.4 Å². The number of nitrogens with zero attached hydrogens (tertiary/aromatic N) is 2. The zero-order valence-electron chi connectivity index (χ0n) is 12.1. The number of aromatic nitrogens is 2. The summed E-state index contributed by atoms with van der Waals surface area (Å²) < 4.78 is 7.34. The lowest BCUT2D eigenvalue weighted by Crippen LogP contribution is -2.15. The van der Waals surface area contributed by atoms with E-state index in [1.807, 2.05) is 55.6 Å². The van der Waals surface area contributed by atoms with Gasteiger partial charge in [0, 0.05) is 11.9 Å². The molecule has 1 N–H and O–H groups in total. The lowest BCUT2D eigenvalue weighted by atomic mass is 10.2. The third-order valence-electron chi connectivity index (χ3n) is 3.22. The SMILES string of the molecule is CNCCOc1ccc(-n2nc3ccccc3c2Cl)cc1.Cl. The number of ether oxygens (including phenoxy) is 1. The van der Waals surface area contributed by atoms with Crippen molar-refractivity contribution >= 4 is 34.9 Å². The van der Waals surface area contributed by atoms with Crippen LogP contribution in [-0.4, -0.2) is 30.0 Å². The Hall–Kier alpha value is -1.75. The van der Waals surface area contributed by atoms with Gasteiger partial charge >= 0.3 is 0 Å². The first kappa shape index (κ1) is 16.6. The van der Waals surface area contributed by atoms with Crippen LogP contribution in [-0.2, 0) is 0 Å². The van der Waals surface area contributed by atoms with Crippen LogP contribution in [0.15, 0.2) is 48.5 Å². The van der Waals surface area contributed by atoms with Gasteiger partial charge in [-0.3, -0.25) is 0 Å². The second-order valence-electron chi connectivity index (χ2n) is 4.67. The number of halogens is 2. The second-order valence-corrected chi connectivity index (χ2v) is 5.02. The Morgan fingerprint density at radius 1 is 1.14 bits per heavy atom. The van der Waals surface area contributed by atoms with Gasteiger partial charge in [-0.2, -0.15) is 5.10 Å². The van der Waals surface area contributed by atoms with E-state index in [-0.39, 0.29) is 12.4 Å². The molecule has 1 aromatic heterocycles. The van der Waals surface area contributed by atoms with Crippen LogP contribution >= 0.6 is 24.0 Å². The summed E-state index contributed by atoms with van der Waals surface area (Å²) in [6.45, 7) is 1.46. The number of rotatable bonds is 5. The predicted molar refractivity (Wildman–Crippen MR) is 92.7 cm³/mol. The minimum Gasteiger partial charge on any atom is -0.492 e. The molecule has 3 rings (SSSR count). The summed E-state index contributed by atoms with van der Waals surface area (Å²) in [6.07, 6.45) is 0. The van der Waals surface area contributed by atoms with Crippen LogP contribution in [0.1, 0.15) is 0 Å². The highest BCUT2D eigenvalue weighted by Gasteiger charge is 2.09. The van der Waals surface area contributed by atoms with Crippen LogP contribution in [0.2, 0.25) is 5.15 Å². The van der Waals surface area contributed by atoms with Gasteiger partial charge in [0.2, 0.25) is 0 Å². The summed E-state index contributed by atoms with van der Waals surface area (Å²) in [5, 5.41) is 9.13. The number of fused-ring (bicyclic) bond motifs is 1. The number of benzene rings is 2. The van der Waals surface area contributed by atoms with Crippen molar-refractivity contribution in [3.05, 3.63) is 53.7 Å². The molecule has 0 aliphatic carbocycles. The van der Waals surface area contributed by atoms with Crippen molar-refractivity contribution in [2.75, 3.05) is 20.2 Å². The van der Waals surface area contributed by atoms with E-state index in [4.69, 9.17) is 16.3 Å². The van der Waals surface area contributed by atoms with E-state index in [2.05, 4.69) is 10.4 Å². The van der Waals surface area contributed by atoms with Crippen molar-refractivity contribution in [2.24, 2.45) is 0 Å². The molecule has 0 saturated carbocycles. The van der Waals surface area contributed by atoms with Crippen molar-refractivity contribution in [1.29, 1.82) is 0 Å². The van der Waals surface area contributed by atoms with Crippen molar-refractivity contribution in [1.82, 2.24) is 15.1 Å². The molecule has 22 heavy (non-hydrogen) atoms. The minimum atomic E-state index is 0. The van der Waals surface area contributed by atoms with Crippen molar-refractivity contribution in [3.8, 4) is 11.4 Å². The average Bonchev–Trinajstić information content (AvgIpc) is 2.86. The first-order valence-corrected chi connectivity index (χ1v) is 7.18. The molecule has 0 fully saturated rings. The molecule has 1 heterocycles. The normalized spacial score (nSPS) is 10.5. The third kappa shape index (κ3) is 3.35. The highest BCUT2D eigenvalue weighted by molar-refractivity contribution is 6.34. The molecule has 0 unspecified atom stereocenters. The quantitative estimate of drug-likeness (QED) is 0.721. The fraction of sp³-hybridized carbons (Fsp3) is 0.188. The molecule has 0 aliphatic heterocycles. The Morgan fingerprint density at radius 3 is 2.55 bits per heavy atom. The Bertz CT molecular complexity index is 741. The second kappa shape index (κ2) is 7.49. The maximum absolute atomic E-state index is 6.39. The molecule has 3 aromatic rings. The Morgan fingerprint density at radius 2 is 1.86 bits per heavy atom. The first-order valence-electron chi connectivity index (χ1n) is 6.80. The monoisotopic (exact) mass is 337 g/mol. The molecule has 4 nitrogen and oxygen atoms in total. The van der Waals surface area contributed by atoms with E-state index in [1.54, 1.807) is 4.68 Å². The van der Waals surface area contributed by atoms with Gasteiger partial charge in [0.15, 0.2) is 0 Å². The number of likely N-dealkylation sites (N-methyl/N-ethyl adjacent to an activating group) is 1. The fourth-order valence-corrected chi connectivity index (χ4v) is 2.42. The third-order valence-corrected chi connectivity index (χ3v) is 3.59. The van der Waals surface area contributed by atoms with E-state index in [0.717, 1.165) is 28.9 Å². The lowest BCUT2D eigenvalue weighted by Gasteiger charge is -2.07. The van der Waals surface area contributed by atoms with Gasteiger partial charge in [0.05, 0.1) is 11.2 Å². The summed E-state index contributed by atoms with van der Waals surface area (Å²) in [4.78, 5) is 0. The smallest absolute Gasteiger partial charge is 0.140 e. The van der Waals surface area contributed by atoms with Crippen LogP contribution in [0, 0.1) is 0 Å². The molecule has 0 bridgehead atoms. The standard InChI is InChI=1S/C16H16ClN3O.ClH/c1-18-10-11-21-13-8-6-12(7-9-13)20-16(17)14-4-2-3-5-15(14)19-20;/h2-9,18H,10-11H2,1H3;1H. The fourth-order valence-electron chi connectivity index (χ4n) is 2.13. The molecule has 0 atom stereocenters. The summed E-state index contributed by atoms with van der Waals surface area (Å²) in [5.41, 5.74) is 1.80. The molecule has 0 spiro atoms. The van der Waals surface area contributed by atoms with E-state index in [9.17, 15) is 0 Å². The maximum atomic E-state index is 6.39. The molecule has 116 valence electrons. The lowest BCUT2D eigenvalue weighted by molar-refractivity contribution is 0.318. The molecule has 6 heteroatoms. The Kier molecular flexibility index (Phi) is 5.66. The summed E-state index contributed by atoms with van der Waals surface area (Å²) >= 11 is 6.39. The zero-order chi connectivity index (χ0) is 14.7. The molecular formula is C16H17Cl2N3O. The predicted octanol–water partition coefficient (Wildman–Crippen LogP) is 3.70. The van der Waals surface area contributed by atoms with Gasteiger partial charge in [0.25, 0.3) is 0 Å². The molecule has 0 aliphatic rings. The molecule has 0 saturated heterocycles. The van der Waals surface area contributed by atoms with Crippen molar-refractivity contribution in [3.63, 3.8) is 0 Å². The van der Waals surface area contributed by atoms with E-state index in [0.29, 0.717) is 11.8 Å². The first-order chi connectivity index (χ1) is 10.3. The number of hydrogen-bond acceptors (Lipinski definition) is 3. The van der Waals surface area contributed by atoms with E-state index >= 15 is 0 Å². The van der Waals surface area contributed by atoms with Crippen LogP contribution < -0.4 is 10.1 Å². The summed E-state index contributed by atoms with van der Waals surface area (Å²) in [5.74, 6) is 0.835. The van der Waals surface area contributed by atoms with Gasteiger partial charge < -0.3 is 10.1 Å². The number of hydrogen-bond donors (Lipinski definition) is 1. The van der Waals surface area contributed by atoms with Gasteiger partial charge in [-0.15, -0.1) is 12.4 Å². The number of nitrogens with one attached hydrogen (secondary N) is 1. The summed E-state index contributed by atoms with van der Waals surface area (Å²) in [7, 11) is 1.90. The molecular weight excluding hydrogens is 321 g/mol. The maximum Gasteiger partial charge on any atom is 0.140 e. The van der Waals surface area contributed by atoms with Crippen LogP contribution in [0.4, 0.5) is 0 Å².